The molecule has 0 aromatic heterocycles. The fourth-order valence-electron chi connectivity index (χ4n) is 3.44. The maximum atomic E-state index is 12.3. The Hall–Kier alpha value is -2.36. The molecular weight excluding hydrogens is 432 g/mol. The van der Waals surface area contributed by atoms with E-state index in [2.05, 4.69) is 21.4 Å². The van der Waals surface area contributed by atoms with Crippen LogP contribution in [-0.2, 0) is 19.1 Å². The highest BCUT2D eigenvalue weighted by atomic mass is 32.3. The molecule has 8 nitrogen and oxygen atoms in total. The maximum absolute atomic E-state index is 12.3. The van der Waals surface area contributed by atoms with Crippen molar-refractivity contribution in [2.75, 3.05) is 12.4 Å². The Labute approximate surface area is 191 Å². The number of amides is 2. The molecule has 0 heterocycles. The highest BCUT2D eigenvalue weighted by Gasteiger charge is 2.42. The molecule has 2 atom stereocenters. The van der Waals surface area contributed by atoms with Crippen LogP contribution in [0.5, 0.6) is 0 Å². The summed E-state index contributed by atoms with van der Waals surface area (Å²) in [6.07, 6.45) is 8.42. The van der Waals surface area contributed by atoms with Gasteiger partial charge in [-0.1, -0.05) is 54.7 Å². The first-order chi connectivity index (χ1) is 15.3. The quantitative estimate of drug-likeness (QED) is 0.176. The van der Waals surface area contributed by atoms with E-state index in [1.165, 1.54) is 13.2 Å². The molecular formula is C23H34N2O6S. The van der Waals surface area contributed by atoms with Crippen LogP contribution in [0.25, 0.3) is 0 Å². The average Bonchev–Trinajstić information content (AvgIpc) is 3.55. The Morgan fingerprint density at radius 1 is 1.09 bits per heavy atom. The number of rotatable bonds is 14. The molecule has 0 aliphatic heterocycles. The summed E-state index contributed by atoms with van der Waals surface area (Å²) in [5.74, 6) is -1.07. The molecule has 4 N–H and O–H groups in total. The second-order valence-corrected chi connectivity index (χ2v) is 9.74. The van der Waals surface area contributed by atoms with Gasteiger partial charge in [-0.3, -0.25) is 23.5 Å². The molecule has 9 heteroatoms. The van der Waals surface area contributed by atoms with Crippen molar-refractivity contribution in [2.45, 2.75) is 62.7 Å². The minimum absolute atomic E-state index is 0.0630. The van der Waals surface area contributed by atoms with Gasteiger partial charge in [0.2, 0.25) is 11.8 Å². The van der Waals surface area contributed by atoms with Gasteiger partial charge in [0.05, 0.1) is 12.8 Å². The van der Waals surface area contributed by atoms with Crippen LogP contribution in [0.4, 0.5) is 5.69 Å². The normalized spacial score (nSPS) is 17.8. The fourth-order valence-corrected chi connectivity index (χ4v) is 4.68. The molecule has 178 valence electrons. The lowest BCUT2D eigenvalue weighted by Crippen LogP contribution is -2.29. The number of unbranched alkanes of at least 4 members (excludes halogenated alkanes) is 5. The first-order valence-corrected chi connectivity index (χ1v) is 12.5. The predicted molar refractivity (Wildman–Crippen MR) is 125 cm³/mol. The summed E-state index contributed by atoms with van der Waals surface area (Å²) in [5.41, 5.74) is 0.275. The van der Waals surface area contributed by atoms with E-state index in [0.717, 1.165) is 32.1 Å². The molecule has 0 bridgehead atoms. The summed E-state index contributed by atoms with van der Waals surface area (Å²) in [6.45, 7) is 3.65. The topological polar surface area (TPSA) is 125 Å². The molecule has 1 aromatic rings. The Morgan fingerprint density at radius 3 is 2.34 bits per heavy atom. The van der Waals surface area contributed by atoms with Crippen LogP contribution in [0, 0.1) is 11.8 Å². The smallest absolute Gasteiger partial charge is 0.305 e. The second-order valence-electron chi connectivity index (χ2n) is 8.00. The Bertz CT molecular complexity index is 813. The van der Waals surface area contributed by atoms with E-state index in [4.69, 9.17) is 0 Å². The average molecular weight is 467 g/mol. The van der Waals surface area contributed by atoms with E-state index in [0.29, 0.717) is 25.7 Å². The van der Waals surface area contributed by atoms with E-state index >= 15 is 0 Å². The Morgan fingerprint density at radius 2 is 1.72 bits per heavy atom. The van der Waals surface area contributed by atoms with Gasteiger partial charge in [0.1, 0.15) is 4.90 Å². The zero-order valence-electron chi connectivity index (χ0n) is 18.5. The zero-order valence-corrected chi connectivity index (χ0v) is 19.4. The summed E-state index contributed by atoms with van der Waals surface area (Å²) in [4.78, 5) is 35.7. The lowest BCUT2D eigenvalue weighted by Gasteiger charge is -2.34. The third-order valence-electron chi connectivity index (χ3n) is 5.45. The van der Waals surface area contributed by atoms with E-state index in [1.54, 1.807) is 24.3 Å². The number of benzene rings is 1. The number of nitrogens with one attached hydrogen (secondary N) is 2. The number of hydrogen-bond acceptors (Lipinski definition) is 6. The molecule has 1 aliphatic carbocycles. The molecule has 1 fully saturated rings. The molecule has 32 heavy (non-hydrogen) atoms. The molecule has 1 aliphatic rings. The van der Waals surface area contributed by atoms with Crippen molar-refractivity contribution in [3.63, 3.8) is 0 Å². The number of carbonyl (C=O) groups is 3. The third-order valence-corrected chi connectivity index (χ3v) is 6.91. The van der Waals surface area contributed by atoms with Gasteiger partial charge in [-0.05, 0) is 37.3 Å². The Kier molecular flexibility index (Phi) is 10.2. The van der Waals surface area contributed by atoms with E-state index < -0.39 is 16.7 Å². The van der Waals surface area contributed by atoms with Crippen LogP contribution in [0.1, 0.15) is 57.8 Å². The van der Waals surface area contributed by atoms with Gasteiger partial charge in [-0.25, -0.2) is 4.72 Å². The van der Waals surface area contributed by atoms with Crippen molar-refractivity contribution < 1.29 is 28.2 Å². The van der Waals surface area contributed by atoms with Crippen molar-refractivity contribution in [1.29, 1.82) is 0 Å². The largest absolute Gasteiger partial charge is 0.469 e. The molecule has 0 unspecified atom stereocenters. The number of hydrogen-bond donors (Lipinski definition) is 4. The number of methoxy groups -OCH3 is 1. The lowest BCUT2D eigenvalue weighted by molar-refractivity contribution is -0.140. The molecule has 0 radical (unpaired) electrons. The summed E-state index contributed by atoms with van der Waals surface area (Å²) >= 11 is 0. The van der Waals surface area contributed by atoms with Gasteiger partial charge in [-0.2, -0.15) is 0 Å². The number of allylic oxidation sites excluding steroid dienone is 1. The van der Waals surface area contributed by atoms with Gasteiger partial charge in [0.25, 0.3) is 0 Å². The predicted octanol–water partition coefficient (Wildman–Crippen LogP) is 4.88. The minimum Gasteiger partial charge on any atom is -0.469 e. The summed E-state index contributed by atoms with van der Waals surface area (Å²) in [5, 5.41) is 2.73. The number of para-hydroxylation sites is 1. The van der Waals surface area contributed by atoms with E-state index in [9.17, 15) is 23.5 Å². The lowest BCUT2D eigenvalue weighted by atomic mass is 10.1. The summed E-state index contributed by atoms with van der Waals surface area (Å²) in [6, 6.07) is 6.37. The van der Waals surface area contributed by atoms with E-state index in [1.807, 2.05) is 0 Å². The highest BCUT2D eigenvalue weighted by Crippen LogP contribution is 2.50. The van der Waals surface area contributed by atoms with Crippen molar-refractivity contribution in [3.05, 3.63) is 36.9 Å². The van der Waals surface area contributed by atoms with Gasteiger partial charge in [-0.15, -0.1) is 6.58 Å². The molecule has 2 amide bonds. The first kappa shape index (κ1) is 25.9. The van der Waals surface area contributed by atoms with Crippen LogP contribution >= 0.6 is 10.8 Å². The van der Waals surface area contributed by atoms with Crippen molar-refractivity contribution >= 4 is 34.2 Å². The summed E-state index contributed by atoms with van der Waals surface area (Å²) < 4.78 is 28.0. The zero-order chi connectivity index (χ0) is 23.6. The monoisotopic (exact) mass is 466 g/mol. The van der Waals surface area contributed by atoms with Crippen molar-refractivity contribution in [2.24, 2.45) is 11.8 Å². The van der Waals surface area contributed by atoms with Crippen LogP contribution < -0.4 is 10.0 Å². The van der Waals surface area contributed by atoms with Crippen molar-refractivity contribution in [3.8, 4) is 0 Å². The fraction of sp³-hybridized carbons (Fsp3) is 0.522. The number of ether oxygens (including phenoxy) is 1. The molecule has 2 rings (SSSR count). The second kappa shape index (κ2) is 12.6. The molecule has 0 spiro atoms. The third kappa shape index (κ3) is 8.29. The number of anilines is 1. The summed E-state index contributed by atoms with van der Waals surface area (Å²) in [7, 11) is -2.21. The van der Waals surface area contributed by atoms with Crippen LogP contribution in [0.3, 0.4) is 0 Å². The molecule has 1 saturated carbocycles. The first-order valence-electron chi connectivity index (χ1n) is 11.0. The Balaban J connectivity index is 1.76. The van der Waals surface area contributed by atoms with Crippen molar-refractivity contribution in [1.82, 2.24) is 4.72 Å². The standard InChI is InChI=1S/C23H34N2O6S/c1-3-17-16-18(17)23(28)25-32(29,30)20-13-11-10-12-19(20)24-21(26)14-8-6-4-5-7-9-15-22(27)31-2/h3,10-13,17-18,29-30H,1,4-9,14-16H2,2H3,(H,24,26)(H,25,28)/t17-,18+/m1/s1. The molecule has 0 saturated heterocycles. The number of carbonyl (C=O) groups excluding carboxylic acids is 3. The SMILES string of the molecule is C=C[C@@H]1C[C@@H]1C(=O)NS(O)(O)c1ccccc1NC(=O)CCCCCCCCC(=O)OC. The number of esters is 1. The highest BCUT2D eigenvalue weighted by molar-refractivity contribution is 8.23. The minimum atomic E-state index is -3.60. The van der Waals surface area contributed by atoms with Gasteiger partial charge in [0, 0.05) is 18.8 Å². The van der Waals surface area contributed by atoms with Crippen LogP contribution in [0.15, 0.2) is 41.8 Å². The van der Waals surface area contributed by atoms with Crippen LogP contribution in [0.2, 0.25) is 0 Å². The van der Waals surface area contributed by atoms with Gasteiger partial charge in [0.15, 0.2) is 0 Å². The van der Waals surface area contributed by atoms with Gasteiger partial charge < -0.3 is 10.1 Å². The molecule has 1 aromatic carbocycles. The van der Waals surface area contributed by atoms with Crippen LogP contribution in [-0.4, -0.2) is 34.0 Å². The van der Waals surface area contributed by atoms with Gasteiger partial charge >= 0.3 is 5.97 Å². The maximum Gasteiger partial charge on any atom is 0.305 e. The van der Waals surface area contributed by atoms with E-state index in [-0.39, 0.29) is 34.3 Å².